The second-order valence-corrected chi connectivity index (χ2v) is 3.62. The smallest absolute Gasteiger partial charge is 0.221 e. The third kappa shape index (κ3) is 2.42. The van der Waals surface area contributed by atoms with Crippen molar-refractivity contribution in [2.75, 3.05) is 13.2 Å². The Labute approximate surface area is 81.9 Å². The molecule has 1 fully saturated rings. The van der Waals surface area contributed by atoms with Crippen LogP contribution >= 0.6 is 0 Å². The Morgan fingerprint density at radius 2 is 2.14 bits per heavy atom. The molecule has 0 radical (unpaired) electrons. The number of carbonyl (C=O) groups excluding carboxylic acids is 1. The lowest BCUT2D eigenvalue weighted by atomic mass is 9.92. The number of aliphatic hydroxyl groups excluding tert-OH is 3. The van der Waals surface area contributed by atoms with E-state index in [1.807, 2.05) is 0 Å². The van der Waals surface area contributed by atoms with E-state index in [2.05, 4.69) is 5.32 Å². The van der Waals surface area contributed by atoms with E-state index in [4.69, 9.17) is 5.11 Å². The number of hydrogen-bond donors (Lipinski definition) is 5. The van der Waals surface area contributed by atoms with Crippen LogP contribution in [-0.2, 0) is 4.79 Å². The van der Waals surface area contributed by atoms with Gasteiger partial charge in [-0.1, -0.05) is 0 Å². The fraction of sp³-hybridized carbons (Fsp3) is 0.875. The molecule has 82 valence electrons. The maximum Gasteiger partial charge on any atom is 0.221 e. The monoisotopic (exact) mass is 205 g/mol. The van der Waals surface area contributed by atoms with Crippen LogP contribution < -0.4 is 10.6 Å². The van der Waals surface area contributed by atoms with Crippen LogP contribution in [0.15, 0.2) is 0 Å². The molecule has 6 nitrogen and oxygen atoms in total. The maximum atomic E-state index is 10.7. The lowest BCUT2D eigenvalue weighted by Gasteiger charge is -2.34. The van der Waals surface area contributed by atoms with Gasteiger partial charge in [-0.2, -0.15) is 0 Å². The number of nitrogens with one attached hydrogen (secondary N) is 1. The van der Waals surface area contributed by atoms with E-state index >= 15 is 0 Å². The molecule has 0 unspecified atom stereocenters. The zero-order valence-electron chi connectivity index (χ0n) is 8.05. The standard InChI is InChI=1S/C8H16N2O4/c1-4(12)10-8-7(14)6(13)5(3-11)2-9-8/h5-9,11,13-14H,2-3H2,1H3,(H,10,12)/p+1/t5-,6+,7+,8-/m1/s1. The molecule has 4 atom stereocenters. The molecule has 1 rings (SSSR count). The first-order chi connectivity index (χ1) is 6.56. The fourth-order valence-corrected chi connectivity index (χ4v) is 1.65. The SMILES string of the molecule is CC(=O)N[C@H]1[NH2+]C[C@H](CO)[C@H](O)[C@@H]1O. The topological polar surface area (TPSA) is 106 Å². The predicted octanol–water partition coefficient (Wildman–Crippen LogP) is -3.64. The maximum absolute atomic E-state index is 10.7. The van der Waals surface area contributed by atoms with Gasteiger partial charge in [0.1, 0.15) is 0 Å². The Kier molecular flexibility index (Phi) is 3.82. The Morgan fingerprint density at radius 1 is 1.50 bits per heavy atom. The first-order valence-electron chi connectivity index (χ1n) is 4.63. The molecular formula is C8H17N2O4+. The van der Waals surface area contributed by atoms with Crippen LogP contribution in [-0.4, -0.2) is 52.8 Å². The van der Waals surface area contributed by atoms with Crippen molar-refractivity contribution in [3.05, 3.63) is 0 Å². The number of nitrogens with two attached hydrogens (primary N) is 1. The Balaban J connectivity index is 2.54. The van der Waals surface area contributed by atoms with Crippen molar-refractivity contribution >= 4 is 5.91 Å². The van der Waals surface area contributed by atoms with Gasteiger partial charge >= 0.3 is 0 Å². The predicted molar refractivity (Wildman–Crippen MR) is 47.0 cm³/mol. The number of rotatable bonds is 2. The molecule has 14 heavy (non-hydrogen) atoms. The number of aliphatic hydroxyl groups is 3. The van der Waals surface area contributed by atoms with Crippen LogP contribution in [0.1, 0.15) is 6.92 Å². The largest absolute Gasteiger partial charge is 0.396 e. The summed E-state index contributed by atoms with van der Waals surface area (Å²) in [6, 6.07) is 0. The number of hydrogen-bond acceptors (Lipinski definition) is 4. The van der Waals surface area contributed by atoms with Gasteiger partial charge in [-0.3, -0.25) is 4.79 Å². The number of quaternary nitrogens is 1. The van der Waals surface area contributed by atoms with Crippen LogP contribution in [0.4, 0.5) is 0 Å². The van der Waals surface area contributed by atoms with Gasteiger partial charge in [-0.05, 0) is 0 Å². The van der Waals surface area contributed by atoms with Crippen LogP contribution in [0.3, 0.4) is 0 Å². The van der Waals surface area contributed by atoms with Crippen molar-refractivity contribution in [2.24, 2.45) is 5.92 Å². The van der Waals surface area contributed by atoms with E-state index in [1.165, 1.54) is 6.92 Å². The third-order valence-corrected chi connectivity index (χ3v) is 2.50. The van der Waals surface area contributed by atoms with Crippen LogP contribution in [0.25, 0.3) is 0 Å². The highest BCUT2D eigenvalue weighted by molar-refractivity contribution is 5.73. The van der Waals surface area contributed by atoms with Crippen molar-refractivity contribution in [3.8, 4) is 0 Å². The molecule has 0 aliphatic carbocycles. The van der Waals surface area contributed by atoms with Crippen molar-refractivity contribution in [1.29, 1.82) is 0 Å². The molecule has 6 heteroatoms. The second kappa shape index (κ2) is 4.70. The second-order valence-electron chi connectivity index (χ2n) is 3.62. The summed E-state index contributed by atoms with van der Waals surface area (Å²) in [5.74, 6) is -0.588. The van der Waals surface area contributed by atoms with Gasteiger partial charge in [0.25, 0.3) is 0 Å². The van der Waals surface area contributed by atoms with Crippen LogP contribution in [0, 0.1) is 5.92 Å². The van der Waals surface area contributed by atoms with E-state index in [1.54, 1.807) is 5.32 Å². The number of piperidine rings is 1. The lowest BCUT2D eigenvalue weighted by Crippen LogP contribution is -3.00. The van der Waals surface area contributed by atoms with E-state index < -0.39 is 18.4 Å². The summed E-state index contributed by atoms with van der Waals surface area (Å²) in [4.78, 5) is 10.7. The molecule has 0 saturated carbocycles. The molecule has 6 N–H and O–H groups in total. The van der Waals surface area contributed by atoms with Gasteiger partial charge in [-0.25, -0.2) is 0 Å². The molecular weight excluding hydrogens is 188 g/mol. The fourth-order valence-electron chi connectivity index (χ4n) is 1.65. The van der Waals surface area contributed by atoms with Crippen LogP contribution in [0.2, 0.25) is 0 Å². The van der Waals surface area contributed by atoms with Gasteiger partial charge < -0.3 is 26.0 Å². The molecule has 0 aromatic carbocycles. The first-order valence-corrected chi connectivity index (χ1v) is 4.63. The molecule has 0 aromatic rings. The van der Waals surface area contributed by atoms with Gasteiger partial charge in [0.2, 0.25) is 5.91 Å². The van der Waals surface area contributed by atoms with E-state index in [0.29, 0.717) is 6.54 Å². The summed E-state index contributed by atoms with van der Waals surface area (Å²) in [7, 11) is 0. The summed E-state index contributed by atoms with van der Waals surface area (Å²) < 4.78 is 0. The van der Waals surface area contributed by atoms with Gasteiger partial charge in [-0.15, -0.1) is 0 Å². The summed E-state index contributed by atoms with van der Waals surface area (Å²) in [6.07, 6.45) is -2.54. The van der Waals surface area contributed by atoms with Gasteiger partial charge in [0.15, 0.2) is 12.3 Å². The number of carbonyl (C=O) groups is 1. The molecule has 0 bridgehead atoms. The van der Waals surface area contributed by atoms with Crippen molar-refractivity contribution in [1.82, 2.24) is 5.32 Å². The average Bonchev–Trinajstić information content (AvgIpc) is 2.13. The molecule has 1 amide bonds. The minimum absolute atomic E-state index is 0.165. The minimum Gasteiger partial charge on any atom is -0.396 e. The molecule has 0 aromatic heterocycles. The molecule has 1 aliphatic heterocycles. The van der Waals surface area contributed by atoms with E-state index in [0.717, 1.165) is 0 Å². The quantitative estimate of drug-likeness (QED) is 0.320. The molecule has 1 aliphatic rings. The Hall–Kier alpha value is -0.690. The highest BCUT2D eigenvalue weighted by Crippen LogP contribution is 2.10. The van der Waals surface area contributed by atoms with Gasteiger partial charge in [0.05, 0.1) is 25.2 Å². The highest BCUT2D eigenvalue weighted by Gasteiger charge is 2.40. The van der Waals surface area contributed by atoms with Crippen LogP contribution in [0.5, 0.6) is 0 Å². The lowest BCUT2D eigenvalue weighted by molar-refractivity contribution is -0.718. The van der Waals surface area contributed by atoms with Crippen molar-refractivity contribution < 1.29 is 25.4 Å². The summed E-state index contributed by atoms with van der Waals surface area (Å²) >= 11 is 0. The minimum atomic E-state index is -1.04. The normalized spacial score (nSPS) is 38.0. The molecule has 1 heterocycles. The Bertz CT molecular complexity index is 212. The van der Waals surface area contributed by atoms with E-state index in [-0.39, 0.29) is 18.4 Å². The average molecular weight is 205 g/mol. The molecule has 1 saturated heterocycles. The third-order valence-electron chi connectivity index (χ3n) is 2.50. The zero-order chi connectivity index (χ0) is 10.7. The zero-order valence-corrected chi connectivity index (χ0v) is 8.05. The Morgan fingerprint density at radius 3 is 2.64 bits per heavy atom. The van der Waals surface area contributed by atoms with Crippen molar-refractivity contribution in [3.63, 3.8) is 0 Å². The highest BCUT2D eigenvalue weighted by atomic mass is 16.3. The summed E-state index contributed by atoms with van der Waals surface area (Å²) in [6.45, 7) is 1.67. The van der Waals surface area contributed by atoms with Gasteiger partial charge in [0, 0.05) is 6.92 Å². The molecule has 0 spiro atoms. The number of amides is 1. The van der Waals surface area contributed by atoms with E-state index in [9.17, 15) is 15.0 Å². The van der Waals surface area contributed by atoms with Crippen molar-refractivity contribution in [2.45, 2.75) is 25.3 Å². The summed E-state index contributed by atoms with van der Waals surface area (Å²) in [5, 5.41) is 32.2. The first kappa shape index (κ1) is 11.4. The summed E-state index contributed by atoms with van der Waals surface area (Å²) in [5.41, 5.74) is 0.